The van der Waals surface area contributed by atoms with E-state index < -0.39 is 23.0 Å². The molecule has 1 aliphatic heterocycles. The van der Waals surface area contributed by atoms with Gasteiger partial charge in [0.15, 0.2) is 5.60 Å². The Morgan fingerprint density at radius 1 is 1.08 bits per heavy atom. The zero-order valence-electron chi connectivity index (χ0n) is 13.8. The predicted molar refractivity (Wildman–Crippen MR) is 96.6 cm³/mol. The molecule has 1 heterocycles. The number of thioether (sulfide) groups is 1. The van der Waals surface area contributed by atoms with Crippen molar-refractivity contribution in [3.8, 4) is 0 Å². The van der Waals surface area contributed by atoms with Crippen molar-refractivity contribution in [2.24, 2.45) is 0 Å². The lowest BCUT2D eigenvalue weighted by Crippen LogP contribution is -2.29. The fourth-order valence-corrected chi connectivity index (χ4v) is 3.46. The van der Waals surface area contributed by atoms with Gasteiger partial charge in [0.1, 0.15) is 17.4 Å². The Balaban J connectivity index is 2.27. The molecule has 2 nitrogen and oxygen atoms in total. The van der Waals surface area contributed by atoms with E-state index in [1.807, 2.05) is 12.3 Å². The first kappa shape index (κ1) is 18.0. The van der Waals surface area contributed by atoms with Crippen LogP contribution in [0.4, 0.5) is 8.78 Å². The van der Waals surface area contributed by atoms with Crippen LogP contribution in [0.5, 0.6) is 0 Å². The number of benzene rings is 2. The lowest BCUT2D eigenvalue weighted by molar-refractivity contribution is -0.125. The van der Waals surface area contributed by atoms with Gasteiger partial charge >= 0.3 is 0 Å². The van der Waals surface area contributed by atoms with Gasteiger partial charge in [-0.15, -0.1) is 11.8 Å². The van der Waals surface area contributed by atoms with Gasteiger partial charge in [0.2, 0.25) is 5.78 Å². The van der Waals surface area contributed by atoms with E-state index in [1.54, 1.807) is 26.0 Å². The topological polar surface area (TPSA) is 26.3 Å². The van der Waals surface area contributed by atoms with Crippen molar-refractivity contribution in [1.29, 1.82) is 0 Å². The van der Waals surface area contributed by atoms with Crippen molar-refractivity contribution >= 4 is 40.5 Å². The Hall–Kier alpha value is -1.85. The second-order valence-electron chi connectivity index (χ2n) is 6.12. The van der Waals surface area contributed by atoms with Crippen molar-refractivity contribution in [3.63, 3.8) is 0 Å². The monoisotopic (exact) mass is 380 g/mol. The summed E-state index contributed by atoms with van der Waals surface area (Å²) < 4.78 is 33.8. The van der Waals surface area contributed by atoms with Crippen LogP contribution >= 0.6 is 23.4 Å². The van der Waals surface area contributed by atoms with Crippen LogP contribution in [0.2, 0.25) is 5.02 Å². The molecular formula is C19H15ClF2O2S. The summed E-state index contributed by atoms with van der Waals surface area (Å²) in [5.41, 5.74) is -0.848. The second kappa shape index (κ2) is 6.46. The van der Waals surface area contributed by atoms with Gasteiger partial charge < -0.3 is 4.74 Å². The van der Waals surface area contributed by atoms with Crippen LogP contribution in [-0.4, -0.2) is 17.6 Å². The number of rotatable bonds is 3. The van der Waals surface area contributed by atoms with E-state index >= 15 is 0 Å². The molecule has 0 atom stereocenters. The van der Waals surface area contributed by atoms with E-state index in [0.717, 1.165) is 23.1 Å². The highest BCUT2D eigenvalue weighted by Gasteiger charge is 2.44. The maximum Gasteiger partial charge on any atom is 0.210 e. The van der Waals surface area contributed by atoms with Crippen molar-refractivity contribution < 1.29 is 18.3 Å². The van der Waals surface area contributed by atoms with Crippen molar-refractivity contribution in [2.45, 2.75) is 24.3 Å². The first-order chi connectivity index (χ1) is 11.7. The molecule has 0 unspecified atom stereocenters. The largest absolute Gasteiger partial charge is 0.478 e. The summed E-state index contributed by atoms with van der Waals surface area (Å²) in [5.74, 6) is -1.58. The summed E-state index contributed by atoms with van der Waals surface area (Å²) in [6.07, 6.45) is 1.91. The molecule has 2 aromatic carbocycles. The van der Waals surface area contributed by atoms with Gasteiger partial charge in [0.05, 0.1) is 10.6 Å². The van der Waals surface area contributed by atoms with Crippen LogP contribution in [0, 0.1) is 11.6 Å². The van der Waals surface area contributed by atoms with Crippen molar-refractivity contribution in [2.75, 3.05) is 6.26 Å². The molecule has 1 aliphatic rings. The fraction of sp³-hybridized carbons (Fsp3) is 0.211. The van der Waals surface area contributed by atoms with Crippen LogP contribution in [0.3, 0.4) is 0 Å². The van der Waals surface area contributed by atoms with E-state index in [2.05, 4.69) is 0 Å². The number of halogens is 3. The van der Waals surface area contributed by atoms with Gasteiger partial charge in [0, 0.05) is 16.0 Å². The van der Waals surface area contributed by atoms with Crippen molar-refractivity contribution in [3.05, 3.63) is 64.2 Å². The second-order valence-corrected chi connectivity index (χ2v) is 7.40. The molecule has 0 aliphatic carbocycles. The summed E-state index contributed by atoms with van der Waals surface area (Å²) >= 11 is 7.86. The molecule has 2 aromatic rings. The lowest BCUT2D eigenvalue weighted by atomic mass is 9.92. The minimum Gasteiger partial charge on any atom is -0.478 e. The minimum absolute atomic E-state index is 0.000742. The van der Waals surface area contributed by atoms with Crippen LogP contribution < -0.4 is 0 Å². The SMILES string of the molecule is CSc1ccc(C2=C(c3cc(F)ccc3F)C(=O)C(C)(C)O2)c(Cl)c1. The molecule has 0 aromatic heterocycles. The van der Waals surface area contributed by atoms with Crippen LogP contribution in [0.1, 0.15) is 25.0 Å². The van der Waals surface area contributed by atoms with Crippen LogP contribution in [-0.2, 0) is 9.53 Å². The number of Topliss-reactive ketones (excluding diaryl/α,β-unsaturated/α-hetero) is 1. The quantitative estimate of drug-likeness (QED) is 0.649. The van der Waals surface area contributed by atoms with E-state index in [4.69, 9.17) is 16.3 Å². The Morgan fingerprint density at radius 2 is 1.80 bits per heavy atom. The summed E-state index contributed by atoms with van der Waals surface area (Å²) in [7, 11) is 0. The smallest absolute Gasteiger partial charge is 0.210 e. The Labute approximate surface area is 153 Å². The first-order valence-electron chi connectivity index (χ1n) is 7.52. The zero-order valence-corrected chi connectivity index (χ0v) is 15.4. The third-order valence-electron chi connectivity index (χ3n) is 3.98. The molecule has 0 saturated carbocycles. The number of hydrogen-bond acceptors (Lipinski definition) is 3. The molecule has 25 heavy (non-hydrogen) atoms. The van der Waals surface area contributed by atoms with Gasteiger partial charge in [-0.25, -0.2) is 8.78 Å². The standard InChI is InChI=1S/C19H15ClF2O2S/c1-19(2)18(23)16(13-8-10(21)4-7-15(13)22)17(24-19)12-6-5-11(25-3)9-14(12)20/h4-9H,1-3H3. The van der Waals surface area contributed by atoms with E-state index in [-0.39, 0.29) is 16.9 Å². The number of carbonyl (C=O) groups is 1. The highest BCUT2D eigenvalue weighted by molar-refractivity contribution is 7.98. The fourth-order valence-electron chi connectivity index (χ4n) is 2.69. The van der Waals surface area contributed by atoms with Gasteiger partial charge in [0.25, 0.3) is 0 Å². The molecule has 0 saturated heterocycles. The normalized spacial score (nSPS) is 16.3. The molecular weight excluding hydrogens is 366 g/mol. The van der Waals surface area contributed by atoms with Crippen LogP contribution in [0.25, 0.3) is 11.3 Å². The summed E-state index contributed by atoms with van der Waals surface area (Å²) in [4.78, 5) is 13.7. The highest BCUT2D eigenvalue weighted by Crippen LogP contribution is 2.44. The van der Waals surface area contributed by atoms with E-state index in [0.29, 0.717) is 10.6 Å². The lowest BCUT2D eigenvalue weighted by Gasteiger charge is -2.18. The Bertz CT molecular complexity index is 906. The number of ether oxygens (including phenoxy) is 1. The number of ketones is 1. The van der Waals surface area contributed by atoms with Gasteiger partial charge in [-0.3, -0.25) is 4.79 Å². The molecule has 0 amide bonds. The predicted octanol–water partition coefficient (Wildman–Crippen LogP) is 5.59. The average Bonchev–Trinajstić information content (AvgIpc) is 2.79. The molecule has 0 N–H and O–H groups in total. The molecule has 6 heteroatoms. The van der Waals surface area contributed by atoms with E-state index in [9.17, 15) is 13.6 Å². The van der Waals surface area contributed by atoms with Crippen molar-refractivity contribution in [1.82, 2.24) is 0 Å². The van der Waals surface area contributed by atoms with Gasteiger partial charge in [-0.1, -0.05) is 11.6 Å². The van der Waals surface area contributed by atoms with E-state index in [1.165, 1.54) is 11.8 Å². The van der Waals surface area contributed by atoms with Crippen LogP contribution in [0.15, 0.2) is 41.3 Å². The third kappa shape index (κ3) is 3.18. The summed E-state index contributed by atoms with van der Waals surface area (Å²) in [6.45, 7) is 3.17. The summed E-state index contributed by atoms with van der Waals surface area (Å²) in [5, 5.41) is 0.377. The average molecular weight is 381 g/mol. The molecule has 0 spiro atoms. The maximum absolute atomic E-state index is 14.3. The minimum atomic E-state index is -1.19. The number of hydrogen-bond donors (Lipinski definition) is 0. The van der Waals surface area contributed by atoms with Gasteiger partial charge in [-0.05, 0) is 56.5 Å². The molecule has 3 rings (SSSR count). The Morgan fingerprint density at radius 3 is 2.44 bits per heavy atom. The molecule has 0 bridgehead atoms. The van der Waals surface area contributed by atoms with Gasteiger partial charge in [-0.2, -0.15) is 0 Å². The maximum atomic E-state index is 14.3. The Kier molecular flexibility index (Phi) is 4.64. The zero-order chi connectivity index (χ0) is 18.4. The molecule has 0 fully saturated rings. The first-order valence-corrected chi connectivity index (χ1v) is 9.12. The summed E-state index contributed by atoms with van der Waals surface area (Å²) in [6, 6.07) is 8.29. The number of carbonyl (C=O) groups excluding carboxylic acids is 1. The highest BCUT2D eigenvalue weighted by atomic mass is 35.5. The molecule has 0 radical (unpaired) electrons. The third-order valence-corrected chi connectivity index (χ3v) is 5.01. The molecule has 130 valence electrons.